The zero-order valence-electron chi connectivity index (χ0n) is 7.94. The lowest BCUT2D eigenvalue weighted by molar-refractivity contribution is 0.451. The van der Waals surface area contributed by atoms with Crippen LogP contribution in [0.3, 0.4) is 0 Å². The highest BCUT2D eigenvalue weighted by molar-refractivity contribution is 6.29. The average Bonchev–Trinajstić information content (AvgIpc) is 2.85. The minimum atomic E-state index is -0.109. The third kappa shape index (κ3) is 2.23. The molecule has 2 aromatic rings. The molecule has 0 bridgehead atoms. The van der Waals surface area contributed by atoms with Gasteiger partial charge in [-0.3, -0.25) is 11.3 Å². The maximum atomic E-state index is 5.86. The van der Waals surface area contributed by atoms with Crippen LogP contribution in [0.25, 0.3) is 0 Å². The predicted octanol–water partition coefficient (Wildman–Crippen LogP) is 2.27. The Bertz CT molecular complexity index is 411. The van der Waals surface area contributed by atoms with Crippen molar-refractivity contribution in [2.45, 2.75) is 12.5 Å². The summed E-state index contributed by atoms with van der Waals surface area (Å²) in [5.41, 5.74) is 3.51. The van der Waals surface area contributed by atoms with Gasteiger partial charge in [0.2, 0.25) is 0 Å². The zero-order chi connectivity index (χ0) is 10.7. The van der Waals surface area contributed by atoms with Crippen LogP contribution in [-0.4, -0.2) is 0 Å². The van der Waals surface area contributed by atoms with E-state index in [0.717, 1.165) is 11.3 Å². The lowest BCUT2D eigenvalue weighted by atomic mass is 10.1. The molecule has 0 saturated carbocycles. The molecule has 0 spiro atoms. The molecule has 2 rings (SSSR count). The molecule has 1 atom stereocenters. The maximum Gasteiger partial charge on any atom is 0.197 e. The van der Waals surface area contributed by atoms with Crippen molar-refractivity contribution in [3.8, 4) is 0 Å². The van der Waals surface area contributed by atoms with Crippen LogP contribution in [0.1, 0.15) is 17.4 Å². The monoisotopic (exact) mass is 226 g/mol. The lowest BCUT2D eigenvalue weighted by Gasteiger charge is -2.12. The quantitative estimate of drug-likeness (QED) is 0.620. The minimum absolute atomic E-state index is 0.109. The molecule has 0 aliphatic heterocycles. The van der Waals surface area contributed by atoms with Crippen LogP contribution < -0.4 is 11.3 Å². The number of rotatable bonds is 4. The second kappa shape index (κ2) is 4.53. The van der Waals surface area contributed by atoms with E-state index in [-0.39, 0.29) is 6.04 Å². The Labute approximate surface area is 92.0 Å². The third-order valence-corrected chi connectivity index (χ3v) is 2.52. The van der Waals surface area contributed by atoms with E-state index < -0.39 is 0 Å². The predicted molar refractivity (Wildman–Crippen MR) is 56.2 cm³/mol. The molecule has 4 nitrogen and oxygen atoms in total. The van der Waals surface area contributed by atoms with Gasteiger partial charge in [-0.1, -0.05) is 0 Å². The molecule has 5 heteroatoms. The fraction of sp³-hybridized carbons (Fsp3) is 0.200. The zero-order valence-corrected chi connectivity index (χ0v) is 8.70. The van der Waals surface area contributed by atoms with Gasteiger partial charge in [-0.15, -0.1) is 0 Å². The Hall–Kier alpha value is -1.23. The van der Waals surface area contributed by atoms with Crippen LogP contribution in [0, 0.1) is 0 Å². The number of nitrogens with two attached hydrogens (primary N) is 1. The largest absolute Gasteiger partial charge is 0.469 e. The van der Waals surface area contributed by atoms with Gasteiger partial charge in [-0.2, -0.15) is 0 Å². The van der Waals surface area contributed by atoms with Gasteiger partial charge in [0.05, 0.1) is 18.6 Å². The highest BCUT2D eigenvalue weighted by Gasteiger charge is 2.17. The molecule has 0 aromatic carbocycles. The van der Waals surface area contributed by atoms with Crippen molar-refractivity contribution in [3.05, 3.63) is 47.3 Å². The Kier molecular flexibility index (Phi) is 3.11. The van der Waals surface area contributed by atoms with Crippen molar-refractivity contribution in [2.24, 2.45) is 5.84 Å². The van der Waals surface area contributed by atoms with E-state index >= 15 is 0 Å². The van der Waals surface area contributed by atoms with Crippen molar-refractivity contribution in [3.63, 3.8) is 0 Å². The minimum Gasteiger partial charge on any atom is -0.469 e. The molecule has 2 aromatic heterocycles. The highest BCUT2D eigenvalue weighted by atomic mass is 35.5. The first-order chi connectivity index (χ1) is 7.31. The molecule has 0 radical (unpaired) electrons. The standard InChI is InChI=1S/C10H11ClN2O2/c11-10-8(3-5-15-10)9(13-12)6-7-2-1-4-14-7/h1-5,9,13H,6,12H2. The van der Waals surface area contributed by atoms with Crippen molar-refractivity contribution in [2.75, 3.05) is 0 Å². The van der Waals surface area contributed by atoms with E-state index in [9.17, 15) is 0 Å². The van der Waals surface area contributed by atoms with E-state index in [2.05, 4.69) is 5.43 Å². The second-order valence-corrected chi connectivity index (χ2v) is 3.50. The summed E-state index contributed by atoms with van der Waals surface area (Å²) in [6.45, 7) is 0. The van der Waals surface area contributed by atoms with Gasteiger partial charge >= 0.3 is 0 Å². The van der Waals surface area contributed by atoms with Gasteiger partial charge in [0.25, 0.3) is 0 Å². The normalized spacial score (nSPS) is 12.9. The summed E-state index contributed by atoms with van der Waals surface area (Å²) in [5, 5.41) is 0.351. The van der Waals surface area contributed by atoms with Gasteiger partial charge < -0.3 is 8.83 Å². The van der Waals surface area contributed by atoms with Crippen LogP contribution in [0.4, 0.5) is 0 Å². The Morgan fingerprint density at radius 1 is 1.33 bits per heavy atom. The van der Waals surface area contributed by atoms with E-state index in [1.165, 1.54) is 6.26 Å². The molecule has 15 heavy (non-hydrogen) atoms. The summed E-state index contributed by atoms with van der Waals surface area (Å²) in [4.78, 5) is 0. The van der Waals surface area contributed by atoms with E-state index in [1.807, 2.05) is 12.1 Å². The number of hydrazine groups is 1. The molecule has 0 aliphatic rings. The average molecular weight is 227 g/mol. The number of hydrogen-bond acceptors (Lipinski definition) is 4. The first-order valence-electron chi connectivity index (χ1n) is 4.52. The Morgan fingerprint density at radius 3 is 2.73 bits per heavy atom. The van der Waals surface area contributed by atoms with E-state index in [4.69, 9.17) is 26.3 Å². The molecule has 3 N–H and O–H groups in total. The summed E-state index contributed by atoms with van der Waals surface area (Å²) in [6, 6.07) is 5.40. The van der Waals surface area contributed by atoms with E-state index in [1.54, 1.807) is 12.3 Å². The maximum absolute atomic E-state index is 5.86. The molecular formula is C10H11ClN2O2. The first-order valence-corrected chi connectivity index (χ1v) is 4.90. The summed E-state index contributed by atoms with van der Waals surface area (Å²) >= 11 is 5.86. The number of hydrogen-bond donors (Lipinski definition) is 2. The number of halogens is 1. The van der Waals surface area contributed by atoms with Crippen LogP contribution in [-0.2, 0) is 6.42 Å². The molecule has 0 amide bonds. The number of furan rings is 2. The molecule has 0 saturated heterocycles. The van der Waals surface area contributed by atoms with Crippen molar-refractivity contribution >= 4 is 11.6 Å². The Balaban J connectivity index is 2.15. The summed E-state index contributed by atoms with van der Waals surface area (Å²) < 4.78 is 10.2. The number of nitrogens with one attached hydrogen (secondary N) is 1. The van der Waals surface area contributed by atoms with E-state index in [0.29, 0.717) is 11.6 Å². The van der Waals surface area contributed by atoms with Crippen molar-refractivity contribution in [1.82, 2.24) is 5.43 Å². The van der Waals surface area contributed by atoms with Gasteiger partial charge in [-0.25, -0.2) is 0 Å². The molecule has 80 valence electrons. The summed E-state index contributed by atoms with van der Waals surface area (Å²) in [5.74, 6) is 6.30. The fourth-order valence-electron chi connectivity index (χ4n) is 1.44. The molecule has 2 heterocycles. The van der Waals surface area contributed by atoms with Crippen molar-refractivity contribution in [1.29, 1.82) is 0 Å². The topological polar surface area (TPSA) is 64.3 Å². The summed E-state index contributed by atoms with van der Waals surface area (Å²) in [6.07, 6.45) is 3.78. The Morgan fingerprint density at radius 2 is 2.20 bits per heavy atom. The SMILES string of the molecule is NNC(Cc1ccco1)c1ccoc1Cl. The first kappa shape index (κ1) is 10.3. The summed E-state index contributed by atoms with van der Waals surface area (Å²) in [7, 11) is 0. The fourth-order valence-corrected chi connectivity index (χ4v) is 1.69. The van der Waals surface area contributed by atoms with Gasteiger partial charge in [-0.05, 0) is 29.8 Å². The van der Waals surface area contributed by atoms with Gasteiger partial charge in [0.1, 0.15) is 5.76 Å². The molecular weight excluding hydrogens is 216 g/mol. The molecule has 0 aliphatic carbocycles. The van der Waals surface area contributed by atoms with Crippen molar-refractivity contribution < 1.29 is 8.83 Å². The van der Waals surface area contributed by atoms with Gasteiger partial charge in [0, 0.05) is 12.0 Å². The van der Waals surface area contributed by atoms with Crippen LogP contribution in [0.2, 0.25) is 5.22 Å². The third-order valence-electron chi connectivity index (χ3n) is 2.21. The van der Waals surface area contributed by atoms with Crippen LogP contribution >= 0.6 is 11.6 Å². The molecule has 0 fully saturated rings. The second-order valence-electron chi connectivity index (χ2n) is 3.15. The van der Waals surface area contributed by atoms with Gasteiger partial charge in [0.15, 0.2) is 5.22 Å². The molecule has 1 unspecified atom stereocenters. The van der Waals surface area contributed by atoms with Crippen LogP contribution in [0.5, 0.6) is 0 Å². The smallest absolute Gasteiger partial charge is 0.197 e. The lowest BCUT2D eigenvalue weighted by Crippen LogP contribution is -2.29. The highest BCUT2D eigenvalue weighted by Crippen LogP contribution is 2.26. The van der Waals surface area contributed by atoms with Crippen LogP contribution in [0.15, 0.2) is 39.6 Å².